The van der Waals surface area contributed by atoms with Gasteiger partial charge < -0.3 is 10.2 Å². The third-order valence-corrected chi connectivity index (χ3v) is 2.53. The van der Waals surface area contributed by atoms with Crippen LogP contribution in [0.15, 0.2) is 30.6 Å². The highest BCUT2D eigenvalue weighted by atomic mass is 35.5. The molecule has 1 aromatic carbocycles. The van der Waals surface area contributed by atoms with E-state index in [2.05, 4.69) is 15.4 Å². The molecule has 17 heavy (non-hydrogen) atoms. The minimum absolute atomic E-state index is 0.418. The van der Waals surface area contributed by atoms with Crippen LogP contribution in [0.5, 0.6) is 11.6 Å². The number of aromatic nitrogens is 2. The molecule has 0 aliphatic rings. The number of para-hydroxylation sites is 1. The van der Waals surface area contributed by atoms with Crippen LogP contribution < -0.4 is 16.0 Å². The molecule has 2 rings (SSSR count). The van der Waals surface area contributed by atoms with Gasteiger partial charge in [0.25, 0.3) is 0 Å². The van der Waals surface area contributed by atoms with Crippen LogP contribution in [0.4, 0.5) is 5.82 Å². The van der Waals surface area contributed by atoms with Crippen LogP contribution in [0, 0.1) is 6.92 Å². The molecule has 0 bridgehead atoms. The lowest BCUT2D eigenvalue weighted by Gasteiger charge is -2.10. The lowest BCUT2D eigenvalue weighted by atomic mass is 10.3. The average molecular weight is 251 g/mol. The van der Waals surface area contributed by atoms with Gasteiger partial charge >= 0.3 is 0 Å². The SMILES string of the molecule is Cc1c(NN)ncnc1Oc1ccccc1Cl. The topological polar surface area (TPSA) is 73.1 Å². The smallest absolute Gasteiger partial charge is 0.227 e. The highest BCUT2D eigenvalue weighted by Gasteiger charge is 2.09. The van der Waals surface area contributed by atoms with Gasteiger partial charge in [0.1, 0.15) is 17.9 Å². The maximum absolute atomic E-state index is 5.99. The van der Waals surface area contributed by atoms with Crippen molar-refractivity contribution in [2.24, 2.45) is 5.84 Å². The van der Waals surface area contributed by atoms with E-state index in [0.717, 1.165) is 5.56 Å². The summed E-state index contributed by atoms with van der Waals surface area (Å²) < 4.78 is 5.60. The molecule has 0 aliphatic carbocycles. The Bertz CT molecular complexity index is 533. The summed E-state index contributed by atoms with van der Waals surface area (Å²) in [5.41, 5.74) is 3.19. The third-order valence-electron chi connectivity index (χ3n) is 2.22. The first-order chi connectivity index (χ1) is 8.22. The molecule has 0 saturated heterocycles. The fraction of sp³-hybridized carbons (Fsp3) is 0.0909. The van der Waals surface area contributed by atoms with E-state index in [1.807, 2.05) is 12.1 Å². The summed E-state index contributed by atoms with van der Waals surface area (Å²) in [4.78, 5) is 8.00. The number of hydrogen-bond acceptors (Lipinski definition) is 5. The molecule has 1 heterocycles. The van der Waals surface area contributed by atoms with Gasteiger partial charge in [-0.1, -0.05) is 23.7 Å². The zero-order valence-electron chi connectivity index (χ0n) is 9.14. The second-order valence-electron chi connectivity index (χ2n) is 3.33. The number of anilines is 1. The number of hydrogen-bond donors (Lipinski definition) is 2. The Morgan fingerprint density at radius 1 is 1.29 bits per heavy atom. The monoisotopic (exact) mass is 250 g/mol. The standard InChI is InChI=1S/C11H11ClN4O/c1-7-10(16-13)14-6-15-11(7)17-9-5-3-2-4-8(9)12/h2-6H,13H2,1H3,(H,14,15,16). The van der Waals surface area contributed by atoms with E-state index >= 15 is 0 Å². The Labute approximate surface area is 104 Å². The molecule has 0 spiro atoms. The Kier molecular flexibility index (Phi) is 3.41. The van der Waals surface area contributed by atoms with Crippen molar-refractivity contribution in [1.29, 1.82) is 0 Å². The molecule has 1 aromatic heterocycles. The van der Waals surface area contributed by atoms with Crippen LogP contribution in [0.1, 0.15) is 5.56 Å². The molecule has 6 heteroatoms. The first-order valence-corrected chi connectivity index (χ1v) is 5.30. The molecule has 0 aliphatic heterocycles. The van der Waals surface area contributed by atoms with Crippen molar-refractivity contribution < 1.29 is 4.74 Å². The number of ether oxygens (including phenoxy) is 1. The van der Waals surface area contributed by atoms with Crippen molar-refractivity contribution in [3.63, 3.8) is 0 Å². The Balaban J connectivity index is 2.34. The van der Waals surface area contributed by atoms with Gasteiger partial charge in [-0.3, -0.25) is 0 Å². The molecule has 0 amide bonds. The molecule has 0 fully saturated rings. The molecule has 3 N–H and O–H groups in total. The van der Waals surface area contributed by atoms with Crippen LogP contribution in [0.25, 0.3) is 0 Å². The maximum Gasteiger partial charge on any atom is 0.227 e. The minimum atomic E-state index is 0.418. The maximum atomic E-state index is 5.99. The molecule has 5 nitrogen and oxygen atoms in total. The molecule has 0 unspecified atom stereocenters. The van der Waals surface area contributed by atoms with E-state index < -0.39 is 0 Å². The lowest BCUT2D eigenvalue weighted by Crippen LogP contribution is -2.11. The summed E-state index contributed by atoms with van der Waals surface area (Å²) in [6.07, 6.45) is 1.37. The van der Waals surface area contributed by atoms with Gasteiger partial charge in [-0.2, -0.15) is 0 Å². The average Bonchev–Trinajstić information content (AvgIpc) is 2.34. The summed E-state index contributed by atoms with van der Waals surface area (Å²) in [6.45, 7) is 1.81. The van der Waals surface area contributed by atoms with E-state index in [-0.39, 0.29) is 0 Å². The Morgan fingerprint density at radius 3 is 2.76 bits per heavy atom. The highest BCUT2D eigenvalue weighted by Crippen LogP contribution is 2.30. The van der Waals surface area contributed by atoms with Crippen molar-refractivity contribution in [3.05, 3.63) is 41.2 Å². The fourth-order valence-electron chi connectivity index (χ4n) is 1.31. The van der Waals surface area contributed by atoms with Crippen LogP contribution in [0.2, 0.25) is 5.02 Å². The van der Waals surface area contributed by atoms with Gasteiger partial charge in [-0.25, -0.2) is 15.8 Å². The second kappa shape index (κ2) is 4.99. The van der Waals surface area contributed by atoms with Crippen molar-refractivity contribution in [3.8, 4) is 11.6 Å². The lowest BCUT2D eigenvalue weighted by molar-refractivity contribution is 0.458. The molecular weight excluding hydrogens is 240 g/mol. The van der Waals surface area contributed by atoms with Gasteiger partial charge in [0, 0.05) is 0 Å². The Hall–Kier alpha value is -1.85. The van der Waals surface area contributed by atoms with Gasteiger partial charge in [0.05, 0.1) is 10.6 Å². The summed E-state index contributed by atoms with van der Waals surface area (Å²) in [5.74, 6) is 6.80. The van der Waals surface area contributed by atoms with Gasteiger partial charge in [-0.15, -0.1) is 0 Å². The molecule has 0 radical (unpaired) electrons. The molecule has 2 aromatic rings. The van der Waals surface area contributed by atoms with Gasteiger partial charge in [0.15, 0.2) is 0 Å². The van der Waals surface area contributed by atoms with Gasteiger partial charge in [-0.05, 0) is 19.1 Å². The zero-order valence-corrected chi connectivity index (χ0v) is 9.90. The van der Waals surface area contributed by atoms with Crippen LogP contribution in [-0.4, -0.2) is 9.97 Å². The quantitative estimate of drug-likeness (QED) is 0.647. The number of nitrogens with one attached hydrogen (secondary N) is 1. The first-order valence-electron chi connectivity index (χ1n) is 4.93. The number of hydrazine groups is 1. The summed E-state index contributed by atoms with van der Waals surface area (Å²) in [7, 11) is 0. The Morgan fingerprint density at radius 2 is 2.06 bits per heavy atom. The van der Waals surface area contributed by atoms with Crippen LogP contribution >= 0.6 is 11.6 Å². The molecule has 88 valence electrons. The summed E-state index contributed by atoms with van der Waals surface area (Å²) in [5, 5.41) is 0.521. The number of benzene rings is 1. The second-order valence-corrected chi connectivity index (χ2v) is 3.74. The van der Waals surface area contributed by atoms with Crippen molar-refractivity contribution in [2.45, 2.75) is 6.92 Å². The first kappa shape index (κ1) is 11.6. The zero-order chi connectivity index (χ0) is 12.3. The van der Waals surface area contributed by atoms with Crippen LogP contribution in [0.3, 0.4) is 0 Å². The van der Waals surface area contributed by atoms with E-state index in [4.69, 9.17) is 22.2 Å². The normalized spacial score (nSPS) is 10.1. The number of rotatable bonds is 3. The third kappa shape index (κ3) is 2.46. The summed E-state index contributed by atoms with van der Waals surface area (Å²) in [6, 6.07) is 7.17. The molecule has 0 saturated carbocycles. The van der Waals surface area contributed by atoms with Crippen molar-refractivity contribution >= 4 is 17.4 Å². The fourth-order valence-corrected chi connectivity index (χ4v) is 1.49. The van der Waals surface area contributed by atoms with Crippen molar-refractivity contribution in [2.75, 3.05) is 5.43 Å². The molecule has 0 atom stereocenters. The number of nitrogens with zero attached hydrogens (tertiary/aromatic N) is 2. The predicted octanol–water partition coefficient (Wildman–Crippen LogP) is 2.52. The number of nitrogens with two attached hydrogens (primary N) is 1. The van der Waals surface area contributed by atoms with E-state index in [1.54, 1.807) is 19.1 Å². The largest absolute Gasteiger partial charge is 0.437 e. The highest BCUT2D eigenvalue weighted by molar-refractivity contribution is 6.32. The van der Waals surface area contributed by atoms with Crippen LogP contribution in [-0.2, 0) is 0 Å². The number of halogens is 1. The summed E-state index contributed by atoms with van der Waals surface area (Å²) >= 11 is 5.99. The van der Waals surface area contributed by atoms with E-state index in [1.165, 1.54) is 6.33 Å². The van der Waals surface area contributed by atoms with E-state index in [9.17, 15) is 0 Å². The minimum Gasteiger partial charge on any atom is -0.437 e. The number of nitrogen functional groups attached to an aromatic ring is 1. The molecular formula is C11H11ClN4O. The van der Waals surface area contributed by atoms with Gasteiger partial charge in [0.2, 0.25) is 5.88 Å². The van der Waals surface area contributed by atoms with Crippen molar-refractivity contribution in [1.82, 2.24) is 9.97 Å². The van der Waals surface area contributed by atoms with E-state index in [0.29, 0.717) is 22.5 Å². The predicted molar refractivity (Wildman–Crippen MR) is 66.1 cm³/mol.